The zero-order chi connectivity index (χ0) is 38.5. The van der Waals surface area contributed by atoms with Gasteiger partial charge < -0.3 is 9.80 Å². The summed E-state index contributed by atoms with van der Waals surface area (Å²) in [5, 5.41) is 2.61. The smallest absolute Gasteiger partial charge is 0.0728 e. The highest BCUT2D eigenvalue weighted by Crippen LogP contribution is 2.59. The fraction of sp³-hybridized carbons (Fsp3) is 0.0545. The summed E-state index contributed by atoms with van der Waals surface area (Å²) in [6.07, 6.45) is 9.91. The number of thiophene rings is 1. The van der Waals surface area contributed by atoms with Crippen LogP contribution in [-0.4, -0.2) is 6.04 Å². The lowest BCUT2D eigenvalue weighted by molar-refractivity contribution is 0.765. The van der Waals surface area contributed by atoms with Gasteiger partial charge in [-0.2, -0.15) is 0 Å². The van der Waals surface area contributed by atoms with Gasteiger partial charge in [0.25, 0.3) is 0 Å². The molecule has 0 saturated carbocycles. The van der Waals surface area contributed by atoms with Crippen molar-refractivity contribution >= 4 is 59.9 Å². The molecule has 1 heterocycles. The predicted molar refractivity (Wildman–Crippen MR) is 247 cm³/mol. The summed E-state index contributed by atoms with van der Waals surface area (Å²) >= 11 is 1.91. The van der Waals surface area contributed by atoms with Crippen molar-refractivity contribution in [3.8, 4) is 11.1 Å². The van der Waals surface area contributed by atoms with Gasteiger partial charge in [0.15, 0.2) is 0 Å². The van der Waals surface area contributed by atoms with Crippen LogP contribution < -0.4 is 9.80 Å². The average molecular weight is 761 g/mol. The molecule has 1 atom stereocenters. The number of hydrogen-bond acceptors (Lipinski definition) is 3. The molecule has 2 nitrogen and oxygen atoms in total. The lowest BCUT2D eigenvalue weighted by atomic mass is 9.67. The molecule has 2 aliphatic carbocycles. The molecule has 1 aromatic heterocycles. The molecule has 0 bridgehead atoms. The van der Waals surface area contributed by atoms with E-state index in [1.54, 1.807) is 0 Å². The summed E-state index contributed by atoms with van der Waals surface area (Å²) < 4.78 is 2.63. The molecule has 0 fully saturated rings. The van der Waals surface area contributed by atoms with Crippen molar-refractivity contribution in [2.45, 2.75) is 17.9 Å². The van der Waals surface area contributed by atoms with Crippen LogP contribution in [0, 0.1) is 0 Å². The topological polar surface area (TPSA) is 6.48 Å². The second-order valence-electron chi connectivity index (χ2n) is 15.2. The zero-order valence-corrected chi connectivity index (χ0v) is 32.8. The number of fused-ring (bicyclic) bond motifs is 6. The second kappa shape index (κ2) is 14.2. The maximum atomic E-state index is 2.54. The van der Waals surface area contributed by atoms with Gasteiger partial charge in [-0.05, 0) is 100 Å². The van der Waals surface area contributed by atoms with Crippen molar-refractivity contribution in [2.75, 3.05) is 9.80 Å². The molecule has 2 aliphatic rings. The Hall–Kier alpha value is -6.94. The molecular weight excluding hydrogens is 721 g/mol. The quantitative estimate of drug-likeness (QED) is 0.152. The van der Waals surface area contributed by atoms with Crippen molar-refractivity contribution in [1.82, 2.24) is 0 Å². The standard InChI is InChI=1S/C55H40N2S/c1-5-20-40(21-6-1)56(41-22-7-2-8-23-41)44-36-39(37-45(38-44)57(42-24-9-3-10-25-42)43-26-11-4-12-27-43)55(50-32-16-13-28-46(50)47-29-14-17-33-51(47)55)52-34-19-31-49-48-30-15-18-35-53(48)58-54(49)52/h1-26,28-38,43H,27H2. The third kappa shape index (κ3) is 5.46. The molecule has 8 aromatic carbocycles. The molecule has 0 saturated heterocycles. The molecular formula is C55H40N2S. The highest BCUT2D eigenvalue weighted by atomic mass is 32.1. The van der Waals surface area contributed by atoms with Crippen LogP contribution in [0.2, 0.25) is 0 Å². The molecule has 0 N–H and O–H groups in total. The Morgan fingerprint density at radius 3 is 1.66 bits per heavy atom. The monoisotopic (exact) mass is 760 g/mol. The van der Waals surface area contributed by atoms with E-state index in [1.165, 1.54) is 53.6 Å². The molecule has 0 spiro atoms. The minimum absolute atomic E-state index is 0.127. The summed E-state index contributed by atoms with van der Waals surface area (Å²) in [6, 6.07) is 74.2. The van der Waals surface area contributed by atoms with E-state index in [9.17, 15) is 0 Å². The highest BCUT2D eigenvalue weighted by molar-refractivity contribution is 7.26. The Labute approximate surface area is 343 Å². The first-order valence-corrected chi connectivity index (χ1v) is 20.9. The van der Waals surface area contributed by atoms with E-state index in [1.807, 2.05) is 11.3 Å². The summed E-state index contributed by atoms with van der Waals surface area (Å²) in [4.78, 5) is 4.97. The molecule has 0 amide bonds. The van der Waals surface area contributed by atoms with E-state index >= 15 is 0 Å². The van der Waals surface area contributed by atoms with Gasteiger partial charge in [-0.15, -0.1) is 11.3 Å². The maximum Gasteiger partial charge on any atom is 0.0728 e. The van der Waals surface area contributed by atoms with Gasteiger partial charge >= 0.3 is 0 Å². The molecule has 0 radical (unpaired) electrons. The third-order valence-corrected chi connectivity index (χ3v) is 13.2. The first-order chi connectivity index (χ1) is 28.8. The number of anilines is 5. The molecule has 0 aliphatic heterocycles. The SMILES string of the molecule is C1=CCC(N(c2ccccc2)c2cc(N(c3ccccc3)c3ccccc3)cc(C3(c4cccc5c4sc4ccccc45)c4ccccc4-c4ccccc43)c2)C=C1. The number of nitrogens with zero attached hydrogens (tertiary/aromatic N) is 2. The summed E-state index contributed by atoms with van der Waals surface area (Å²) in [5.41, 5.74) is 12.7. The van der Waals surface area contributed by atoms with Gasteiger partial charge in [0.2, 0.25) is 0 Å². The minimum atomic E-state index is -0.637. The van der Waals surface area contributed by atoms with Crippen LogP contribution in [0.4, 0.5) is 28.4 Å². The van der Waals surface area contributed by atoms with Gasteiger partial charge in [-0.3, -0.25) is 0 Å². The lowest BCUT2D eigenvalue weighted by Gasteiger charge is -2.38. The summed E-state index contributed by atoms with van der Waals surface area (Å²) in [6.45, 7) is 0. The van der Waals surface area contributed by atoms with E-state index in [4.69, 9.17) is 0 Å². The van der Waals surface area contributed by atoms with Crippen LogP contribution in [0.3, 0.4) is 0 Å². The van der Waals surface area contributed by atoms with Crippen LogP contribution in [0.1, 0.15) is 28.7 Å². The van der Waals surface area contributed by atoms with Crippen molar-refractivity contribution < 1.29 is 0 Å². The predicted octanol–water partition coefficient (Wildman–Crippen LogP) is 14.9. The fourth-order valence-electron chi connectivity index (χ4n) is 9.60. The average Bonchev–Trinajstić information content (AvgIpc) is 3.82. The first-order valence-electron chi connectivity index (χ1n) is 20.1. The van der Waals surface area contributed by atoms with Crippen molar-refractivity contribution in [1.29, 1.82) is 0 Å². The van der Waals surface area contributed by atoms with Crippen LogP contribution >= 0.6 is 11.3 Å². The van der Waals surface area contributed by atoms with E-state index in [0.29, 0.717) is 0 Å². The minimum Gasteiger partial charge on any atom is -0.334 e. The van der Waals surface area contributed by atoms with E-state index in [-0.39, 0.29) is 6.04 Å². The number of rotatable bonds is 8. The van der Waals surface area contributed by atoms with Gasteiger partial charge in [0.1, 0.15) is 0 Å². The highest BCUT2D eigenvalue weighted by Gasteiger charge is 2.48. The van der Waals surface area contributed by atoms with Crippen LogP contribution in [0.25, 0.3) is 31.3 Å². The van der Waals surface area contributed by atoms with Gasteiger partial charge in [-0.25, -0.2) is 0 Å². The number of allylic oxidation sites excluding steroid dienone is 2. The Balaban J connectivity index is 1.29. The van der Waals surface area contributed by atoms with E-state index in [0.717, 1.165) is 34.9 Å². The van der Waals surface area contributed by atoms with Gasteiger partial charge in [-0.1, -0.05) is 164 Å². The Morgan fingerprint density at radius 2 is 1.00 bits per heavy atom. The molecule has 11 rings (SSSR count). The van der Waals surface area contributed by atoms with Crippen molar-refractivity contribution in [3.05, 3.63) is 247 Å². The Kier molecular flexibility index (Phi) is 8.41. The normalized spacial score (nSPS) is 15.0. The molecule has 58 heavy (non-hydrogen) atoms. The van der Waals surface area contributed by atoms with Crippen molar-refractivity contribution in [3.63, 3.8) is 0 Å². The van der Waals surface area contributed by atoms with Gasteiger partial charge in [0, 0.05) is 48.6 Å². The lowest BCUT2D eigenvalue weighted by Crippen LogP contribution is -2.32. The third-order valence-electron chi connectivity index (χ3n) is 12.0. The molecule has 3 heteroatoms. The fourth-order valence-corrected chi connectivity index (χ4v) is 10.9. The maximum absolute atomic E-state index is 2.54. The second-order valence-corrected chi connectivity index (χ2v) is 16.2. The number of para-hydroxylation sites is 3. The number of benzene rings is 8. The molecule has 276 valence electrons. The van der Waals surface area contributed by atoms with E-state index < -0.39 is 5.41 Å². The first kappa shape index (κ1) is 34.3. The summed E-state index contributed by atoms with van der Waals surface area (Å²) in [7, 11) is 0. The van der Waals surface area contributed by atoms with Gasteiger partial charge in [0.05, 0.1) is 11.5 Å². The molecule has 1 unspecified atom stereocenters. The van der Waals surface area contributed by atoms with Crippen LogP contribution in [0.5, 0.6) is 0 Å². The van der Waals surface area contributed by atoms with E-state index in [2.05, 4.69) is 234 Å². The van der Waals surface area contributed by atoms with Crippen molar-refractivity contribution in [2.24, 2.45) is 0 Å². The Bertz CT molecular complexity index is 2910. The molecule has 9 aromatic rings. The zero-order valence-electron chi connectivity index (χ0n) is 31.9. The number of hydrogen-bond donors (Lipinski definition) is 0. The van der Waals surface area contributed by atoms with Crippen LogP contribution in [0.15, 0.2) is 224 Å². The summed E-state index contributed by atoms with van der Waals surface area (Å²) in [5.74, 6) is 0. The largest absolute Gasteiger partial charge is 0.334 e. The Morgan fingerprint density at radius 1 is 0.448 bits per heavy atom. The van der Waals surface area contributed by atoms with Crippen LogP contribution in [-0.2, 0) is 5.41 Å².